The third-order valence-electron chi connectivity index (χ3n) is 4.01. The molecule has 0 saturated heterocycles. The molecule has 126 valence electrons. The highest BCUT2D eigenvalue weighted by molar-refractivity contribution is 6.31. The van der Waals surface area contributed by atoms with Crippen molar-refractivity contribution >= 4 is 23.3 Å². The van der Waals surface area contributed by atoms with Gasteiger partial charge in [-0.3, -0.25) is 5.10 Å². The number of aromatic nitrogens is 2. The summed E-state index contributed by atoms with van der Waals surface area (Å²) in [6, 6.07) is 7.82. The molecule has 1 unspecified atom stereocenters. The first-order chi connectivity index (χ1) is 11.6. The number of rotatable bonds is 4. The van der Waals surface area contributed by atoms with Crippen LogP contribution in [0.25, 0.3) is 0 Å². The van der Waals surface area contributed by atoms with Gasteiger partial charge in [-0.15, -0.1) is 5.10 Å². The second kappa shape index (κ2) is 7.02. The second-order valence-electron chi connectivity index (χ2n) is 5.66. The Morgan fingerprint density at radius 1 is 1.38 bits per heavy atom. The van der Waals surface area contributed by atoms with E-state index in [1.807, 2.05) is 24.3 Å². The zero-order chi connectivity index (χ0) is 17.1. The molecule has 0 aliphatic heterocycles. The maximum Gasteiger partial charge on any atom is 0.211 e. The van der Waals surface area contributed by atoms with Gasteiger partial charge in [0.05, 0.1) is 18.0 Å². The molecular formula is C16H19ClN6O. The maximum absolute atomic E-state index is 6.36. The Kier molecular flexibility index (Phi) is 4.82. The first-order valence-electron chi connectivity index (χ1n) is 7.55. The van der Waals surface area contributed by atoms with Gasteiger partial charge in [-0.05, 0) is 30.4 Å². The van der Waals surface area contributed by atoms with Crippen LogP contribution in [0.1, 0.15) is 34.9 Å². The number of methoxy groups -OCH3 is 1. The molecule has 8 heteroatoms. The molecule has 1 aromatic carbocycles. The van der Waals surface area contributed by atoms with Crippen molar-refractivity contribution in [2.24, 2.45) is 21.7 Å². The van der Waals surface area contributed by atoms with Gasteiger partial charge in [0, 0.05) is 23.4 Å². The quantitative estimate of drug-likeness (QED) is 0.445. The maximum atomic E-state index is 6.36. The number of H-pyrrole nitrogens is 1. The molecule has 0 amide bonds. The van der Waals surface area contributed by atoms with Crippen LogP contribution in [0.4, 0.5) is 0 Å². The molecule has 2 aromatic rings. The summed E-state index contributed by atoms with van der Waals surface area (Å²) in [5.74, 6) is 0.0932. The fraction of sp³-hybridized carbons (Fsp3) is 0.312. The fourth-order valence-corrected chi connectivity index (χ4v) is 3.33. The lowest BCUT2D eigenvalue weighted by Crippen LogP contribution is -2.23. The summed E-state index contributed by atoms with van der Waals surface area (Å²) in [5, 5.41) is 16.2. The molecule has 0 radical (unpaired) electrons. The predicted molar refractivity (Wildman–Crippen MR) is 94.2 cm³/mol. The van der Waals surface area contributed by atoms with Gasteiger partial charge in [-0.25, -0.2) is 0 Å². The molecule has 1 aromatic heterocycles. The molecule has 0 bridgehead atoms. The number of nitrogens with two attached hydrogens (primary N) is 2. The summed E-state index contributed by atoms with van der Waals surface area (Å²) in [7, 11) is 1.63. The van der Waals surface area contributed by atoms with Crippen LogP contribution in [-0.2, 0) is 17.8 Å². The van der Waals surface area contributed by atoms with Gasteiger partial charge in [0.25, 0.3) is 0 Å². The monoisotopic (exact) mass is 346 g/mol. The van der Waals surface area contributed by atoms with E-state index in [-0.39, 0.29) is 11.9 Å². The first kappa shape index (κ1) is 16.5. The van der Waals surface area contributed by atoms with E-state index in [0.29, 0.717) is 13.0 Å². The van der Waals surface area contributed by atoms with Crippen LogP contribution in [0.2, 0.25) is 5.02 Å². The molecule has 1 heterocycles. The van der Waals surface area contributed by atoms with Crippen LogP contribution >= 0.6 is 11.6 Å². The average molecular weight is 347 g/mol. The van der Waals surface area contributed by atoms with E-state index in [0.717, 1.165) is 39.7 Å². The Morgan fingerprint density at radius 2 is 2.17 bits per heavy atom. The molecule has 0 spiro atoms. The summed E-state index contributed by atoms with van der Waals surface area (Å²) < 4.78 is 5.21. The van der Waals surface area contributed by atoms with Crippen LogP contribution in [0.5, 0.6) is 0 Å². The van der Waals surface area contributed by atoms with Gasteiger partial charge in [-0.2, -0.15) is 10.2 Å². The minimum atomic E-state index is -0.0827. The van der Waals surface area contributed by atoms with Crippen LogP contribution in [-0.4, -0.2) is 29.0 Å². The van der Waals surface area contributed by atoms with Crippen molar-refractivity contribution < 1.29 is 4.74 Å². The molecule has 7 nitrogen and oxygen atoms in total. The molecule has 1 aliphatic carbocycles. The Balaban J connectivity index is 2.04. The minimum Gasteiger partial charge on any atom is -0.378 e. The van der Waals surface area contributed by atoms with E-state index in [1.165, 1.54) is 0 Å². The Labute approximate surface area is 144 Å². The average Bonchev–Trinajstić information content (AvgIpc) is 2.96. The van der Waals surface area contributed by atoms with Gasteiger partial charge in [0.2, 0.25) is 5.96 Å². The van der Waals surface area contributed by atoms with Crippen LogP contribution in [0, 0.1) is 0 Å². The van der Waals surface area contributed by atoms with Crippen molar-refractivity contribution in [2.45, 2.75) is 25.4 Å². The summed E-state index contributed by atoms with van der Waals surface area (Å²) >= 11 is 6.36. The molecule has 0 fully saturated rings. The summed E-state index contributed by atoms with van der Waals surface area (Å²) in [6.07, 6.45) is 1.46. The van der Waals surface area contributed by atoms with E-state index in [2.05, 4.69) is 20.4 Å². The number of hydrogen-bond donors (Lipinski definition) is 3. The third-order valence-corrected chi connectivity index (χ3v) is 4.35. The third kappa shape index (κ3) is 3.27. The van der Waals surface area contributed by atoms with Crippen molar-refractivity contribution in [3.8, 4) is 0 Å². The highest BCUT2D eigenvalue weighted by atomic mass is 35.5. The number of guanidine groups is 1. The van der Waals surface area contributed by atoms with E-state index >= 15 is 0 Å². The fourth-order valence-electron chi connectivity index (χ4n) is 3.04. The lowest BCUT2D eigenvalue weighted by Gasteiger charge is -2.24. The minimum absolute atomic E-state index is 0.0827. The van der Waals surface area contributed by atoms with Crippen LogP contribution in [0.3, 0.4) is 0 Å². The number of hydrogen-bond acceptors (Lipinski definition) is 4. The molecule has 1 atom stereocenters. The zero-order valence-corrected chi connectivity index (χ0v) is 14.0. The van der Waals surface area contributed by atoms with Gasteiger partial charge in [0.15, 0.2) is 0 Å². The second-order valence-corrected chi connectivity index (χ2v) is 6.06. The number of nitrogens with zero attached hydrogens (tertiary/aromatic N) is 3. The van der Waals surface area contributed by atoms with Gasteiger partial charge in [0.1, 0.15) is 0 Å². The van der Waals surface area contributed by atoms with Crippen molar-refractivity contribution in [3.63, 3.8) is 0 Å². The molecule has 5 N–H and O–H groups in total. The Morgan fingerprint density at radius 3 is 2.88 bits per heavy atom. The molecule has 24 heavy (non-hydrogen) atoms. The molecule has 3 rings (SSSR count). The van der Waals surface area contributed by atoms with Crippen LogP contribution in [0.15, 0.2) is 34.5 Å². The molecule has 0 saturated carbocycles. The predicted octanol–water partition coefficient (Wildman–Crippen LogP) is 1.92. The Hall–Kier alpha value is -2.38. The van der Waals surface area contributed by atoms with E-state index in [1.54, 1.807) is 7.11 Å². The standard InChI is InChI=1S/C16H19ClN6O/c1-24-8-14-15-12(20-22-14)6-9(7-13(15)21-23-16(18)19)10-4-2-3-5-11(10)17/h2-5,9H,6-8H2,1H3,(H,20,22)(H4,18,19,23). The summed E-state index contributed by atoms with van der Waals surface area (Å²) in [4.78, 5) is 0. The highest BCUT2D eigenvalue weighted by Crippen LogP contribution is 2.36. The number of nitrogens with one attached hydrogen (secondary N) is 1. The van der Waals surface area contributed by atoms with E-state index < -0.39 is 0 Å². The van der Waals surface area contributed by atoms with Gasteiger partial charge < -0.3 is 16.2 Å². The number of aromatic amines is 1. The topological polar surface area (TPSA) is 115 Å². The lowest BCUT2D eigenvalue weighted by atomic mass is 9.81. The van der Waals surface area contributed by atoms with Crippen molar-refractivity contribution in [1.82, 2.24) is 10.2 Å². The normalized spacial score (nSPS) is 18.4. The Bertz CT molecular complexity index is 794. The molecular weight excluding hydrogens is 328 g/mol. The smallest absolute Gasteiger partial charge is 0.211 e. The van der Waals surface area contributed by atoms with E-state index in [9.17, 15) is 0 Å². The number of ether oxygens (including phenoxy) is 1. The summed E-state index contributed by atoms with van der Waals surface area (Å²) in [5.41, 5.74) is 15.4. The van der Waals surface area contributed by atoms with Crippen LogP contribution < -0.4 is 11.5 Å². The van der Waals surface area contributed by atoms with Gasteiger partial charge >= 0.3 is 0 Å². The van der Waals surface area contributed by atoms with Crippen molar-refractivity contribution in [2.75, 3.05) is 7.11 Å². The number of halogens is 1. The van der Waals surface area contributed by atoms with Crippen molar-refractivity contribution in [3.05, 3.63) is 51.8 Å². The SMILES string of the molecule is COCc1n[nH]c2c1C(=NN=C(N)N)CC(c1ccccc1Cl)C2. The van der Waals surface area contributed by atoms with Crippen molar-refractivity contribution in [1.29, 1.82) is 0 Å². The largest absolute Gasteiger partial charge is 0.378 e. The molecule has 1 aliphatic rings. The zero-order valence-electron chi connectivity index (χ0n) is 13.3. The van der Waals surface area contributed by atoms with Gasteiger partial charge in [-0.1, -0.05) is 29.8 Å². The first-order valence-corrected chi connectivity index (χ1v) is 7.93. The number of fused-ring (bicyclic) bond motifs is 1. The highest BCUT2D eigenvalue weighted by Gasteiger charge is 2.30. The van der Waals surface area contributed by atoms with E-state index in [4.69, 9.17) is 27.8 Å². The lowest BCUT2D eigenvalue weighted by molar-refractivity contribution is 0.181. The summed E-state index contributed by atoms with van der Waals surface area (Å²) in [6.45, 7) is 0.392. The number of benzene rings is 1.